The lowest BCUT2D eigenvalue weighted by atomic mass is 9.90. The third-order valence-corrected chi connectivity index (χ3v) is 6.23. The molecule has 1 aromatic carbocycles. The molecular weight excluding hydrogens is 358 g/mol. The number of aromatic nitrogens is 2. The largest absolute Gasteiger partial charge is 0.494 e. The Morgan fingerprint density at radius 2 is 2.00 bits per heavy atom. The van der Waals surface area contributed by atoms with Gasteiger partial charge in [0, 0.05) is 17.7 Å². The summed E-state index contributed by atoms with van der Waals surface area (Å²) < 4.78 is 6.57. The first kappa shape index (κ1) is 17.9. The van der Waals surface area contributed by atoms with E-state index in [0.717, 1.165) is 15.9 Å². The molecule has 0 saturated heterocycles. The number of aryl methyl sites for hydroxylation is 1. The number of methoxy groups -OCH3 is 1. The van der Waals surface area contributed by atoms with E-state index in [4.69, 9.17) is 9.72 Å². The van der Waals surface area contributed by atoms with Crippen LogP contribution >= 0.6 is 11.3 Å². The van der Waals surface area contributed by atoms with Gasteiger partial charge >= 0.3 is 0 Å². The summed E-state index contributed by atoms with van der Waals surface area (Å²) in [6, 6.07) is 9.29. The minimum absolute atomic E-state index is 0.242. The summed E-state index contributed by atoms with van der Waals surface area (Å²) in [6.07, 6.45) is 6.35. The first-order chi connectivity index (χ1) is 13.1. The molecule has 0 atom stereocenters. The van der Waals surface area contributed by atoms with Crippen LogP contribution in [-0.4, -0.2) is 23.0 Å². The number of ether oxygens (including phenoxy) is 1. The van der Waals surface area contributed by atoms with Crippen LogP contribution in [0.25, 0.3) is 10.2 Å². The van der Waals surface area contributed by atoms with Gasteiger partial charge in [0.05, 0.1) is 28.0 Å². The summed E-state index contributed by atoms with van der Waals surface area (Å²) in [7, 11) is 1.61. The molecule has 1 aliphatic rings. The first-order valence-corrected chi connectivity index (χ1v) is 10.2. The molecule has 0 bridgehead atoms. The van der Waals surface area contributed by atoms with Crippen molar-refractivity contribution in [1.29, 1.82) is 0 Å². The molecule has 0 unspecified atom stereocenters. The summed E-state index contributed by atoms with van der Waals surface area (Å²) in [4.78, 5) is 21.7. The van der Waals surface area contributed by atoms with E-state index in [1.165, 1.54) is 37.1 Å². The van der Waals surface area contributed by atoms with Gasteiger partial charge in [0.25, 0.3) is 5.91 Å². The zero-order valence-electron chi connectivity index (χ0n) is 15.6. The number of carbonyl (C=O) groups is 1. The van der Waals surface area contributed by atoms with Crippen molar-refractivity contribution in [2.75, 3.05) is 12.4 Å². The average molecular weight is 382 g/mol. The van der Waals surface area contributed by atoms with E-state index in [1.54, 1.807) is 24.5 Å². The van der Waals surface area contributed by atoms with Gasteiger partial charge in [-0.2, -0.15) is 0 Å². The van der Waals surface area contributed by atoms with Crippen LogP contribution < -0.4 is 10.1 Å². The van der Waals surface area contributed by atoms with E-state index >= 15 is 0 Å². The number of rotatable bonds is 4. The second-order valence-corrected chi connectivity index (χ2v) is 8.09. The highest BCUT2D eigenvalue weighted by molar-refractivity contribution is 7.18. The highest BCUT2D eigenvalue weighted by Crippen LogP contribution is 2.39. The smallest absolute Gasteiger partial charge is 0.274 e. The molecule has 0 spiro atoms. The number of nitrogens with one attached hydrogen (secondary N) is 1. The van der Waals surface area contributed by atoms with Crippen molar-refractivity contribution >= 4 is 33.1 Å². The zero-order valence-corrected chi connectivity index (χ0v) is 16.4. The third-order valence-electron chi connectivity index (χ3n) is 5.05. The van der Waals surface area contributed by atoms with Crippen LogP contribution in [0.3, 0.4) is 0 Å². The van der Waals surface area contributed by atoms with E-state index in [-0.39, 0.29) is 5.91 Å². The van der Waals surface area contributed by atoms with Crippen molar-refractivity contribution in [3.05, 3.63) is 46.7 Å². The Labute approximate surface area is 162 Å². The monoisotopic (exact) mass is 381 g/mol. The topological polar surface area (TPSA) is 64.1 Å². The van der Waals surface area contributed by atoms with Gasteiger partial charge in [0.1, 0.15) is 11.4 Å². The van der Waals surface area contributed by atoms with Gasteiger partial charge in [-0.1, -0.05) is 25.3 Å². The second-order valence-electron chi connectivity index (χ2n) is 7.03. The standard InChI is InChI=1S/C21H23N3O2S/c1-13-7-6-10-15(22-13)20(25)23-16-12-19-17(11-18(16)26-2)24-21(27-19)14-8-4-3-5-9-14/h6-7,10-12,14H,3-5,8-9H2,1-2H3,(H,23,25). The third kappa shape index (κ3) is 3.81. The van der Waals surface area contributed by atoms with Crippen LogP contribution in [0.4, 0.5) is 5.69 Å². The quantitative estimate of drug-likeness (QED) is 0.665. The molecule has 1 N–H and O–H groups in total. The molecule has 27 heavy (non-hydrogen) atoms. The Balaban J connectivity index is 1.64. The van der Waals surface area contributed by atoms with Crippen molar-refractivity contribution in [3.63, 3.8) is 0 Å². The van der Waals surface area contributed by atoms with Crippen LogP contribution in [0.5, 0.6) is 5.75 Å². The number of thiazole rings is 1. The van der Waals surface area contributed by atoms with E-state index < -0.39 is 0 Å². The SMILES string of the molecule is COc1cc2nc(C3CCCCC3)sc2cc1NC(=O)c1cccc(C)n1. The molecule has 2 aromatic heterocycles. The number of benzene rings is 1. The Morgan fingerprint density at radius 3 is 2.74 bits per heavy atom. The van der Waals surface area contributed by atoms with E-state index in [2.05, 4.69) is 10.3 Å². The van der Waals surface area contributed by atoms with Gasteiger partial charge in [-0.15, -0.1) is 11.3 Å². The Kier molecular flexibility index (Phi) is 5.07. The van der Waals surface area contributed by atoms with E-state index in [9.17, 15) is 4.79 Å². The Morgan fingerprint density at radius 1 is 1.19 bits per heavy atom. The van der Waals surface area contributed by atoms with E-state index in [0.29, 0.717) is 23.0 Å². The molecule has 2 heterocycles. The van der Waals surface area contributed by atoms with Gasteiger partial charge in [-0.3, -0.25) is 4.79 Å². The molecule has 1 amide bonds. The van der Waals surface area contributed by atoms with Gasteiger partial charge in [0.15, 0.2) is 0 Å². The maximum absolute atomic E-state index is 12.6. The van der Waals surface area contributed by atoms with E-state index in [1.807, 2.05) is 31.2 Å². The number of amides is 1. The molecule has 6 heteroatoms. The van der Waals surface area contributed by atoms with Crippen molar-refractivity contribution in [2.45, 2.75) is 44.9 Å². The lowest BCUT2D eigenvalue weighted by molar-refractivity contribution is 0.102. The van der Waals surface area contributed by atoms with Crippen molar-refractivity contribution in [3.8, 4) is 5.75 Å². The summed E-state index contributed by atoms with van der Waals surface area (Å²) in [6.45, 7) is 1.87. The molecule has 0 aliphatic heterocycles. The summed E-state index contributed by atoms with van der Waals surface area (Å²) >= 11 is 1.73. The molecule has 3 aromatic rings. The van der Waals surface area contributed by atoms with Crippen LogP contribution in [0.1, 0.15) is 59.2 Å². The lowest BCUT2D eigenvalue weighted by Crippen LogP contribution is -2.14. The fourth-order valence-electron chi connectivity index (χ4n) is 3.62. The number of carbonyl (C=O) groups excluding carboxylic acids is 1. The van der Waals surface area contributed by atoms with Crippen molar-refractivity contribution in [2.24, 2.45) is 0 Å². The van der Waals surface area contributed by atoms with Crippen LogP contribution in [-0.2, 0) is 0 Å². The molecule has 1 fully saturated rings. The number of pyridine rings is 1. The Bertz CT molecular complexity index is 977. The predicted molar refractivity (Wildman–Crippen MR) is 109 cm³/mol. The maximum atomic E-state index is 12.6. The predicted octanol–water partition coefficient (Wildman–Crippen LogP) is 5.31. The zero-order chi connectivity index (χ0) is 18.8. The number of anilines is 1. The molecular formula is C21H23N3O2S. The maximum Gasteiger partial charge on any atom is 0.274 e. The fraction of sp³-hybridized carbons (Fsp3) is 0.381. The summed E-state index contributed by atoms with van der Waals surface area (Å²) in [5.41, 5.74) is 2.79. The molecule has 1 aliphatic carbocycles. The first-order valence-electron chi connectivity index (χ1n) is 9.37. The molecule has 0 radical (unpaired) electrons. The average Bonchev–Trinajstić information content (AvgIpc) is 3.11. The normalized spacial score (nSPS) is 15.0. The highest BCUT2D eigenvalue weighted by atomic mass is 32.1. The summed E-state index contributed by atoms with van der Waals surface area (Å²) in [5, 5.41) is 4.14. The van der Waals surface area contributed by atoms with Crippen molar-refractivity contribution in [1.82, 2.24) is 9.97 Å². The molecule has 140 valence electrons. The Hall–Kier alpha value is -2.47. The molecule has 5 nitrogen and oxygen atoms in total. The minimum atomic E-state index is -0.242. The van der Waals surface area contributed by atoms with Crippen molar-refractivity contribution < 1.29 is 9.53 Å². The highest BCUT2D eigenvalue weighted by Gasteiger charge is 2.20. The number of fused-ring (bicyclic) bond motifs is 1. The minimum Gasteiger partial charge on any atom is -0.494 e. The number of hydrogen-bond donors (Lipinski definition) is 1. The van der Waals surface area contributed by atoms with Gasteiger partial charge in [-0.05, 0) is 38.0 Å². The van der Waals surface area contributed by atoms with Crippen LogP contribution in [0.2, 0.25) is 0 Å². The van der Waals surface area contributed by atoms with Crippen LogP contribution in [0.15, 0.2) is 30.3 Å². The number of nitrogens with zero attached hydrogens (tertiary/aromatic N) is 2. The van der Waals surface area contributed by atoms with Gasteiger partial charge in [0.2, 0.25) is 0 Å². The van der Waals surface area contributed by atoms with Gasteiger partial charge in [-0.25, -0.2) is 9.97 Å². The van der Waals surface area contributed by atoms with Crippen LogP contribution in [0, 0.1) is 6.92 Å². The second kappa shape index (κ2) is 7.64. The molecule has 1 saturated carbocycles. The lowest BCUT2D eigenvalue weighted by Gasteiger charge is -2.18. The molecule has 4 rings (SSSR count). The van der Waals surface area contributed by atoms with Gasteiger partial charge < -0.3 is 10.1 Å². The number of hydrogen-bond acceptors (Lipinski definition) is 5. The summed E-state index contributed by atoms with van der Waals surface area (Å²) in [5.74, 6) is 0.939. The fourth-order valence-corrected chi connectivity index (χ4v) is 4.78.